The zero-order valence-electron chi connectivity index (χ0n) is 18.8. The number of hydrogen-bond donors (Lipinski definition) is 0. The lowest BCUT2D eigenvalue weighted by atomic mass is 9.99. The maximum absolute atomic E-state index is 10.0. The zero-order valence-corrected chi connectivity index (χ0v) is 18.8. The van der Waals surface area contributed by atoms with Crippen LogP contribution >= 0.6 is 0 Å². The van der Waals surface area contributed by atoms with Crippen molar-refractivity contribution in [2.45, 2.75) is 33.1 Å². The molecule has 4 aromatic rings. The largest absolute Gasteiger partial charge is 0.354 e. The molecule has 0 saturated carbocycles. The van der Waals surface area contributed by atoms with Gasteiger partial charge in [-0.05, 0) is 55.2 Å². The average molecular weight is 425 g/mol. The topological polar surface area (TPSA) is 60.5 Å². The molecule has 6 heteroatoms. The van der Waals surface area contributed by atoms with E-state index >= 15 is 0 Å². The first-order valence-corrected chi connectivity index (χ1v) is 11.5. The van der Waals surface area contributed by atoms with Gasteiger partial charge in [0.25, 0.3) is 0 Å². The number of hydrogen-bond acceptors (Lipinski definition) is 5. The van der Waals surface area contributed by atoms with E-state index in [-0.39, 0.29) is 0 Å². The van der Waals surface area contributed by atoms with Crippen molar-refractivity contribution < 1.29 is 0 Å². The fourth-order valence-electron chi connectivity index (χ4n) is 4.84. The van der Waals surface area contributed by atoms with Crippen LogP contribution in [0.25, 0.3) is 16.7 Å². The molecule has 1 aromatic carbocycles. The number of aromatic nitrogens is 3. The number of para-hydroxylation sites is 2. The summed E-state index contributed by atoms with van der Waals surface area (Å²) in [4.78, 5) is 14.2. The Bertz CT molecular complexity index is 1290. The number of fused-ring (bicyclic) bond motifs is 3. The molecule has 0 spiro atoms. The van der Waals surface area contributed by atoms with Crippen LogP contribution in [0.2, 0.25) is 0 Å². The normalized spacial score (nSPS) is 14.3. The lowest BCUT2D eigenvalue weighted by molar-refractivity contribution is 0.635. The molecule has 0 aliphatic carbocycles. The van der Waals surface area contributed by atoms with E-state index in [1.807, 2.05) is 30.5 Å². The number of nitrogens with zero attached hydrogens (tertiary/aromatic N) is 6. The fourth-order valence-corrected chi connectivity index (χ4v) is 4.84. The molecule has 0 radical (unpaired) electrons. The van der Waals surface area contributed by atoms with E-state index in [2.05, 4.69) is 57.3 Å². The number of benzene rings is 1. The van der Waals surface area contributed by atoms with Crippen LogP contribution in [0.5, 0.6) is 0 Å². The summed E-state index contributed by atoms with van der Waals surface area (Å²) < 4.78 is 2.24. The Hall–Kier alpha value is -3.59. The summed E-state index contributed by atoms with van der Waals surface area (Å²) in [5.41, 5.74) is 5.83. The summed E-state index contributed by atoms with van der Waals surface area (Å²) in [6.45, 7) is 7.95. The van der Waals surface area contributed by atoms with E-state index in [0.717, 1.165) is 73.5 Å². The predicted molar refractivity (Wildman–Crippen MR) is 129 cm³/mol. The Kier molecular flexibility index (Phi) is 5.40. The summed E-state index contributed by atoms with van der Waals surface area (Å²) in [5.74, 6) is 2.24. The van der Waals surface area contributed by atoms with E-state index in [1.54, 1.807) is 0 Å². The number of rotatable bonds is 5. The highest BCUT2D eigenvalue weighted by atomic mass is 15.3. The van der Waals surface area contributed by atoms with Crippen LogP contribution in [-0.2, 0) is 6.42 Å². The Morgan fingerprint density at radius 3 is 2.47 bits per heavy atom. The van der Waals surface area contributed by atoms with Crippen molar-refractivity contribution in [3.05, 3.63) is 65.4 Å². The summed E-state index contributed by atoms with van der Waals surface area (Å²) in [6.07, 6.45) is 5.05. The number of imidazole rings is 1. The van der Waals surface area contributed by atoms with Gasteiger partial charge in [-0.25, -0.2) is 9.97 Å². The SMILES string of the molecule is CCCCc1c(C)c(C#N)c2nc3ccccc3n2c1N1CCN(c2ccccn2)CC1. The molecule has 4 heterocycles. The molecule has 0 atom stereocenters. The lowest BCUT2D eigenvalue weighted by Gasteiger charge is -2.38. The molecule has 0 amide bonds. The van der Waals surface area contributed by atoms with Crippen molar-refractivity contribution >= 4 is 28.3 Å². The first kappa shape index (κ1) is 20.3. The Labute approximate surface area is 188 Å². The number of anilines is 2. The van der Waals surface area contributed by atoms with Gasteiger partial charge in [-0.1, -0.05) is 31.5 Å². The second kappa shape index (κ2) is 8.51. The van der Waals surface area contributed by atoms with Gasteiger partial charge >= 0.3 is 0 Å². The Balaban J connectivity index is 1.65. The van der Waals surface area contributed by atoms with Gasteiger partial charge in [0.2, 0.25) is 0 Å². The molecule has 6 nitrogen and oxygen atoms in total. The van der Waals surface area contributed by atoms with Crippen molar-refractivity contribution in [3.63, 3.8) is 0 Å². The highest BCUT2D eigenvalue weighted by molar-refractivity contribution is 5.86. The minimum atomic E-state index is 0.697. The molecular formula is C26H28N6. The van der Waals surface area contributed by atoms with Crippen LogP contribution < -0.4 is 9.80 Å². The second-order valence-electron chi connectivity index (χ2n) is 8.44. The Morgan fingerprint density at radius 1 is 1.00 bits per heavy atom. The smallest absolute Gasteiger partial charge is 0.157 e. The third kappa shape index (κ3) is 3.34. The third-order valence-corrected chi connectivity index (χ3v) is 6.54. The highest BCUT2D eigenvalue weighted by Crippen LogP contribution is 2.34. The molecule has 162 valence electrons. The zero-order chi connectivity index (χ0) is 22.1. The molecule has 0 unspecified atom stereocenters. The second-order valence-corrected chi connectivity index (χ2v) is 8.44. The summed E-state index contributed by atoms with van der Waals surface area (Å²) in [5, 5.41) is 10.0. The molecular weight excluding hydrogens is 396 g/mol. The minimum absolute atomic E-state index is 0.697. The molecule has 1 fully saturated rings. The van der Waals surface area contributed by atoms with Crippen molar-refractivity contribution in [2.75, 3.05) is 36.0 Å². The average Bonchev–Trinajstić information content (AvgIpc) is 3.22. The van der Waals surface area contributed by atoms with Gasteiger partial charge in [-0.15, -0.1) is 0 Å². The quantitative estimate of drug-likeness (QED) is 0.463. The number of nitriles is 1. The molecule has 0 N–H and O–H groups in total. The van der Waals surface area contributed by atoms with Gasteiger partial charge in [0, 0.05) is 32.4 Å². The molecule has 1 aliphatic rings. The molecule has 32 heavy (non-hydrogen) atoms. The lowest BCUT2D eigenvalue weighted by Crippen LogP contribution is -2.47. The molecule has 0 bridgehead atoms. The summed E-state index contributed by atoms with van der Waals surface area (Å²) >= 11 is 0. The predicted octanol–water partition coefficient (Wildman–Crippen LogP) is 4.73. The summed E-state index contributed by atoms with van der Waals surface area (Å²) in [7, 11) is 0. The van der Waals surface area contributed by atoms with Crippen LogP contribution in [0.1, 0.15) is 36.5 Å². The van der Waals surface area contributed by atoms with E-state index < -0.39 is 0 Å². The maximum Gasteiger partial charge on any atom is 0.157 e. The molecule has 1 aliphatic heterocycles. The van der Waals surface area contributed by atoms with Gasteiger partial charge in [-0.3, -0.25) is 4.40 Å². The van der Waals surface area contributed by atoms with Gasteiger partial charge in [0.1, 0.15) is 17.7 Å². The molecule has 1 saturated heterocycles. The monoisotopic (exact) mass is 424 g/mol. The van der Waals surface area contributed by atoms with Crippen molar-refractivity contribution in [2.24, 2.45) is 0 Å². The first-order chi connectivity index (χ1) is 15.7. The van der Waals surface area contributed by atoms with E-state index in [1.165, 1.54) is 11.4 Å². The summed E-state index contributed by atoms with van der Waals surface area (Å²) in [6, 6.07) is 16.8. The number of pyridine rings is 2. The first-order valence-electron chi connectivity index (χ1n) is 11.5. The molecule has 3 aromatic heterocycles. The van der Waals surface area contributed by atoms with E-state index in [9.17, 15) is 5.26 Å². The van der Waals surface area contributed by atoms with E-state index in [4.69, 9.17) is 4.98 Å². The van der Waals surface area contributed by atoms with Crippen molar-refractivity contribution in [3.8, 4) is 6.07 Å². The number of unbranched alkanes of at least 4 members (excludes halogenated alkanes) is 1. The Morgan fingerprint density at radius 2 is 1.75 bits per heavy atom. The third-order valence-electron chi connectivity index (χ3n) is 6.54. The standard InChI is InChI=1S/C26H28N6/c1-3-4-9-20-19(2)21(18-27)25-29-22-10-5-6-11-23(22)32(25)26(20)31-16-14-30(15-17-31)24-12-7-8-13-28-24/h5-8,10-13H,3-4,9,14-17H2,1-2H3. The van der Waals surface area contributed by atoms with Crippen LogP contribution in [-0.4, -0.2) is 40.5 Å². The highest BCUT2D eigenvalue weighted by Gasteiger charge is 2.26. The number of piperazine rings is 1. The van der Waals surface area contributed by atoms with Gasteiger partial charge in [0.05, 0.1) is 16.6 Å². The van der Waals surface area contributed by atoms with Gasteiger partial charge in [-0.2, -0.15) is 5.26 Å². The molecule has 5 rings (SSSR count). The maximum atomic E-state index is 10.0. The van der Waals surface area contributed by atoms with Crippen molar-refractivity contribution in [1.82, 2.24) is 14.4 Å². The van der Waals surface area contributed by atoms with E-state index in [0.29, 0.717) is 5.56 Å². The van der Waals surface area contributed by atoms with Crippen LogP contribution in [0, 0.1) is 18.3 Å². The van der Waals surface area contributed by atoms with Crippen LogP contribution in [0.4, 0.5) is 11.6 Å². The minimum Gasteiger partial charge on any atom is -0.354 e. The van der Waals surface area contributed by atoms with Crippen LogP contribution in [0.3, 0.4) is 0 Å². The fraction of sp³-hybridized carbons (Fsp3) is 0.346. The van der Waals surface area contributed by atoms with Gasteiger partial charge < -0.3 is 9.80 Å². The van der Waals surface area contributed by atoms with Crippen LogP contribution in [0.15, 0.2) is 48.7 Å². The van der Waals surface area contributed by atoms with Crippen molar-refractivity contribution in [1.29, 1.82) is 5.26 Å². The van der Waals surface area contributed by atoms with Gasteiger partial charge in [0.15, 0.2) is 5.65 Å².